The van der Waals surface area contributed by atoms with Gasteiger partial charge in [0.1, 0.15) is 0 Å². The summed E-state index contributed by atoms with van der Waals surface area (Å²) in [4.78, 5) is 25.0. The molecule has 1 unspecified atom stereocenters. The Labute approximate surface area is 119 Å². The van der Waals surface area contributed by atoms with Crippen LogP contribution in [0.1, 0.15) is 41.6 Å². The Hall–Kier alpha value is -1.68. The van der Waals surface area contributed by atoms with Gasteiger partial charge in [0.25, 0.3) is 0 Å². The molecule has 1 heterocycles. The highest BCUT2D eigenvalue weighted by molar-refractivity contribution is 5.96. The monoisotopic (exact) mass is 275 g/mol. The number of Topliss-reactive ketones (excluding diaryl/α,β-unsaturated/α-hetero) is 1. The van der Waals surface area contributed by atoms with E-state index in [1.165, 1.54) is 0 Å². The van der Waals surface area contributed by atoms with Crippen LogP contribution >= 0.6 is 0 Å². The summed E-state index contributed by atoms with van der Waals surface area (Å²) in [5.41, 5.74) is 1.88. The molecule has 1 saturated heterocycles. The van der Waals surface area contributed by atoms with Crippen LogP contribution in [-0.2, 0) is 4.79 Å². The fourth-order valence-electron chi connectivity index (χ4n) is 2.75. The Morgan fingerprint density at radius 1 is 1.30 bits per heavy atom. The van der Waals surface area contributed by atoms with Crippen LogP contribution in [0.15, 0.2) is 24.3 Å². The smallest absolute Gasteiger partial charge is 0.304 e. The van der Waals surface area contributed by atoms with Crippen LogP contribution in [0.25, 0.3) is 0 Å². The van der Waals surface area contributed by atoms with E-state index in [0.717, 1.165) is 30.5 Å². The third-order valence-corrected chi connectivity index (χ3v) is 3.91. The van der Waals surface area contributed by atoms with E-state index in [1.807, 2.05) is 31.2 Å². The molecule has 108 valence electrons. The molecule has 1 aliphatic rings. The lowest BCUT2D eigenvalue weighted by atomic mass is 10.1. The van der Waals surface area contributed by atoms with E-state index in [-0.39, 0.29) is 18.2 Å². The maximum atomic E-state index is 12.1. The van der Waals surface area contributed by atoms with Gasteiger partial charge in [0.05, 0.1) is 6.42 Å². The third kappa shape index (κ3) is 3.90. The summed E-state index contributed by atoms with van der Waals surface area (Å²) in [5.74, 6) is -0.627. The quantitative estimate of drug-likeness (QED) is 0.810. The molecule has 0 saturated carbocycles. The number of carbonyl (C=O) groups excluding carboxylic acids is 1. The van der Waals surface area contributed by atoms with Gasteiger partial charge in [-0.15, -0.1) is 0 Å². The van der Waals surface area contributed by atoms with Crippen molar-refractivity contribution in [3.8, 4) is 0 Å². The molecule has 0 amide bonds. The normalized spacial score (nSPS) is 19.1. The lowest BCUT2D eigenvalue weighted by molar-refractivity contribution is -0.138. The number of carbonyl (C=O) groups is 2. The van der Waals surface area contributed by atoms with Gasteiger partial charge in [0, 0.05) is 24.6 Å². The number of benzene rings is 1. The number of hydrogen-bond donors (Lipinski definition) is 1. The fourth-order valence-corrected chi connectivity index (χ4v) is 2.75. The van der Waals surface area contributed by atoms with Crippen molar-refractivity contribution >= 4 is 11.8 Å². The summed E-state index contributed by atoms with van der Waals surface area (Å²) in [5, 5.41) is 8.88. The zero-order valence-corrected chi connectivity index (χ0v) is 11.8. The van der Waals surface area contributed by atoms with Gasteiger partial charge < -0.3 is 5.11 Å². The largest absolute Gasteiger partial charge is 0.481 e. The molecule has 4 heteroatoms. The zero-order chi connectivity index (χ0) is 14.5. The molecule has 2 rings (SSSR count). The van der Waals surface area contributed by atoms with Crippen molar-refractivity contribution in [2.75, 3.05) is 13.1 Å². The van der Waals surface area contributed by atoms with E-state index >= 15 is 0 Å². The lowest BCUT2D eigenvalue weighted by Crippen LogP contribution is -2.33. The molecule has 1 N–H and O–H groups in total. The highest BCUT2D eigenvalue weighted by Crippen LogP contribution is 2.20. The highest BCUT2D eigenvalue weighted by atomic mass is 16.4. The standard InChI is InChI=1S/C16H21NO3/c1-12-4-6-13(7-5-12)15(18)8-10-17-9-2-3-14(17)11-16(19)20/h4-7,14H,2-3,8-11H2,1H3,(H,19,20). The summed E-state index contributed by atoms with van der Waals surface area (Å²) in [6, 6.07) is 7.69. The maximum Gasteiger partial charge on any atom is 0.304 e. The van der Waals surface area contributed by atoms with Crippen LogP contribution in [0.5, 0.6) is 0 Å². The van der Waals surface area contributed by atoms with Gasteiger partial charge in [-0.3, -0.25) is 14.5 Å². The minimum atomic E-state index is -0.758. The Bertz CT molecular complexity index is 481. The number of carboxylic acid groups (broad SMARTS) is 1. The fraction of sp³-hybridized carbons (Fsp3) is 0.500. The van der Waals surface area contributed by atoms with Crippen LogP contribution in [0.4, 0.5) is 0 Å². The van der Waals surface area contributed by atoms with Gasteiger partial charge in [-0.05, 0) is 26.3 Å². The number of aryl methyl sites for hydroxylation is 1. The first-order valence-electron chi connectivity index (χ1n) is 7.12. The molecule has 1 aromatic rings. The molecular weight excluding hydrogens is 254 g/mol. The minimum absolute atomic E-state index is 0.0957. The van der Waals surface area contributed by atoms with Crippen molar-refractivity contribution in [1.82, 2.24) is 4.90 Å². The average molecular weight is 275 g/mol. The highest BCUT2D eigenvalue weighted by Gasteiger charge is 2.26. The van der Waals surface area contributed by atoms with E-state index in [9.17, 15) is 9.59 Å². The molecule has 0 aliphatic carbocycles. The van der Waals surface area contributed by atoms with Gasteiger partial charge in [-0.25, -0.2) is 0 Å². The first-order chi connectivity index (χ1) is 9.56. The molecule has 1 fully saturated rings. The first kappa shape index (κ1) is 14.7. The predicted octanol–water partition coefficient (Wildman–Crippen LogP) is 2.51. The Morgan fingerprint density at radius 2 is 2.00 bits per heavy atom. The van der Waals surface area contributed by atoms with Crippen molar-refractivity contribution in [2.24, 2.45) is 0 Å². The number of nitrogens with zero attached hydrogens (tertiary/aromatic N) is 1. The van der Waals surface area contributed by atoms with E-state index in [1.54, 1.807) is 0 Å². The van der Waals surface area contributed by atoms with E-state index in [2.05, 4.69) is 4.90 Å². The van der Waals surface area contributed by atoms with Gasteiger partial charge in [-0.2, -0.15) is 0 Å². The van der Waals surface area contributed by atoms with Gasteiger partial charge >= 0.3 is 5.97 Å². The Morgan fingerprint density at radius 3 is 2.65 bits per heavy atom. The zero-order valence-electron chi connectivity index (χ0n) is 11.8. The van der Waals surface area contributed by atoms with Gasteiger partial charge in [0.15, 0.2) is 5.78 Å². The second kappa shape index (κ2) is 6.66. The van der Waals surface area contributed by atoms with E-state index in [0.29, 0.717) is 13.0 Å². The SMILES string of the molecule is Cc1ccc(C(=O)CCN2CCCC2CC(=O)O)cc1. The summed E-state index contributed by atoms with van der Waals surface area (Å²) in [7, 11) is 0. The van der Waals surface area contributed by atoms with Crippen LogP contribution in [-0.4, -0.2) is 40.9 Å². The van der Waals surface area contributed by atoms with Gasteiger partial charge in [0.2, 0.25) is 0 Å². The van der Waals surface area contributed by atoms with Crippen LogP contribution in [0.2, 0.25) is 0 Å². The Kier molecular flexibility index (Phi) is 4.90. The molecular formula is C16H21NO3. The van der Waals surface area contributed by atoms with Crippen LogP contribution in [0, 0.1) is 6.92 Å². The topological polar surface area (TPSA) is 57.6 Å². The van der Waals surface area contributed by atoms with E-state index in [4.69, 9.17) is 5.11 Å². The average Bonchev–Trinajstić information content (AvgIpc) is 2.83. The summed E-state index contributed by atoms with van der Waals surface area (Å²) < 4.78 is 0. The van der Waals surface area contributed by atoms with Crippen LogP contribution < -0.4 is 0 Å². The molecule has 4 nitrogen and oxygen atoms in total. The van der Waals surface area contributed by atoms with Crippen molar-refractivity contribution in [1.29, 1.82) is 0 Å². The minimum Gasteiger partial charge on any atom is -0.481 e. The molecule has 0 bridgehead atoms. The van der Waals surface area contributed by atoms with Crippen molar-refractivity contribution < 1.29 is 14.7 Å². The molecule has 0 spiro atoms. The number of hydrogen-bond acceptors (Lipinski definition) is 3. The molecule has 1 aliphatic heterocycles. The summed E-state index contributed by atoms with van der Waals surface area (Å²) >= 11 is 0. The summed E-state index contributed by atoms with van der Waals surface area (Å²) in [6.45, 7) is 3.55. The van der Waals surface area contributed by atoms with Crippen LogP contribution in [0.3, 0.4) is 0 Å². The molecule has 20 heavy (non-hydrogen) atoms. The van der Waals surface area contributed by atoms with Crippen molar-refractivity contribution in [2.45, 2.75) is 38.6 Å². The molecule has 0 radical (unpaired) electrons. The van der Waals surface area contributed by atoms with E-state index < -0.39 is 5.97 Å². The molecule has 1 aromatic carbocycles. The molecule has 0 aromatic heterocycles. The number of rotatable bonds is 6. The predicted molar refractivity (Wildman–Crippen MR) is 77.0 cm³/mol. The second-order valence-electron chi connectivity index (χ2n) is 5.47. The van der Waals surface area contributed by atoms with Gasteiger partial charge in [-0.1, -0.05) is 29.8 Å². The number of likely N-dealkylation sites (tertiary alicyclic amines) is 1. The molecule has 1 atom stereocenters. The van der Waals surface area contributed by atoms with Crippen molar-refractivity contribution in [3.05, 3.63) is 35.4 Å². The summed E-state index contributed by atoms with van der Waals surface area (Å²) in [6.07, 6.45) is 2.58. The maximum absolute atomic E-state index is 12.1. The number of aliphatic carboxylic acids is 1. The lowest BCUT2D eigenvalue weighted by Gasteiger charge is -2.22. The second-order valence-corrected chi connectivity index (χ2v) is 5.47. The third-order valence-electron chi connectivity index (χ3n) is 3.91. The Balaban J connectivity index is 1.86. The first-order valence-corrected chi connectivity index (χ1v) is 7.12. The number of carboxylic acids is 1. The number of ketones is 1. The van der Waals surface area contributed by atoms with Crippen molar-refractivity contribution in [3.63, 3.8) is 0 Å².